The normalized spacial score (nSPS) is 14.6. The van der Waals surface area contributed by atoms with Gasteiger partial charge in [-0.3, -0.25) is 4.68 Å². The first-order chi connectivity index (χ1) is 9.20. The Bertz CT molecular complexity index is 575. The van der Waals surface area contributed by atoms with E-state index in [4.69, 9.17) is 16.3 Å². The lowest BCUT2D eigenvalue weighted by Crippen LogP contribution is -2.02. The maximum Gasteiger partial charge on any atom is 0.120 e. The third-order valence-corrected chi connectivity index (χ3v) is 3.65. The van der Waals surface area contributed by atoms with Crippen molar-refractivity contribution in [2.75, 3.05) is 6.61 Å². The van der Waals surface area contributed by atoms with Crippen molar-refractivity contribution < 1.29 is 4.74 Å². The van der Waals surface area contributed by atoms with Crippen LogP contribution >= 0.6 is 11.6 Å². The molecule has 0 saturated heterocycles. The average molecular weight is 277 g/mol. The van der Waals surface area contributed by atoms with Gasteiger partial charge in [0.1, 0.15) is 5.75 Å². The molecule has 1 saturated carbocycles. The fourth-order valence-corrected chi connectivity index (χ4v) is 2.20. The van der Waals surface area contributed by atoms with Crippen molar-refractivity contribution in [2.24, 2.45) is 5.92 Å². The molecule has 1 aromatic carbocycles. The Labute approximate surface area is 118 Å². The molecule has 3 nitrogen and oxygen atoms in total. The minimum absolute atomic E-state index is 0.690. The molecule has 3 rings (SSSR count). The van der Waals surface area contributed by atoms with E-state index in [-0.39, 0.29) is 0 Å². The van der Waals surface area contributed by atoms with Crippen LogP contribution in [0.2, 0.25) is 5.02 Å². The minimum atomic E-state index is 0.690. The Hall–Kier alpha value is -1.48. The van der Waals surface area contributed by atoms with E-state index in [2.05, 4.69) is 5.10 Å². The van der Waals surface area contributed by atoms with Gasteiger partial charge in [0.15, 0.2) is 0 Å². The van der Waals surface area contributed by atoms with Crippen LogP contribution in [0.1, 0.15) is 24.0 Å². The molecule has 0 unspecified atom stereocenters. The number of aromatic nitrogens is 2. The summed E-state index contributed by atoms with van der Waals surface area (Å²) in [6, 6.07) is 5.90. The van der Waals surface area contributed by atoms with E-state index in [1.807, 2.05) is 42.2 Å². The van der Waals surface area contributed by atoms with Gasteiger partial charge in [0.25, 0.3) is 0 Å². The second kappa shape index (κ2) is 5.25. The van der Waals surface area contributed by atoms with E-state index in [0.717, 1.165) is 34.4 Å². The Kier molecular flexibility index (Phi) is 3.47. The Morgan fingerprint density at radius 1 is 1.42 bits per heavy atom. The smallest absolute Gasteiger partial charge is 0.120 e. The largest absolute Gasteiger partial charge is 0.493 e. The summed E-state index contributed by atoms with van der Waals surface area (Å²) < 4.78 is 7.60. The molecular weight excluding hydrogens is 260 g/mol. The summed E-state index contributed by atoms with van der Waals surface area (Å²) in [6.07, 6.45) is 6.45. The Morgan fingerprint density at radius 3 is 2.89 bits per heavy atom. The van der Waals surface area contributed by atoms with Crippen LogP contribution in [0, 0.1) is 12.8 Å². The van der Waals surface area contributed by atoms with Crippen molar-refractivity contribution in [2.45, 2.75) is 26.3 Å². The van der Waals surface area contributed by atoms with Crippen molar-refractivity contribution in [1.82, 2.24) is 9.78 Å². The predicted octanol–water partition coefficient (Wildman–Crippen LogP) is 3.68. The highest BCUT2D eigenvalue weighted by Crippen LogP contribution is 2.30. The zero-order chi connectivity index (χ0) is 13.2. The van der Waals surface area contributed by atoms with E-state index in [1.165, 1.54) is 12.8 Å². The third kappa shape index (κ3) is 3.29. The number of aryl methyl sites for hydroxylation is 1. The lowest BCUT2D eigenvalue weighted by molar-refractivity contribution is 0.299. The molecule has 4 heteroatoms. The van der Waals surface area contributed by atoms with E-state index >= 15 is 0 Å². The van der Waals surface area contributed by atoms with Crippen LogP contribution in [0.3, 0.4) is 0 Å². The van der Waals surface area contributed by atoms with Crippen molar-refractivity contribution in [3.63, 3.8) is 0 Å². The lowest BCUT2D eigenvalue weighted by atomic mass is 10.2. The summed E-state index contributed by atoms with van der Waals surface area (Å²) in [5, 5.41) is 5.01. The van der Waals surface area contributed by atoms with Crippen LogP contribution in [0.15, 0.2) is 30.6 Å². The molecule has 1 aliphatic rings. The topological polar surface area (TPSA) is 27.1 Å². The standard InChI is InChI=1S/C15H17ClN2O/c1-11-7-17-18(8-11)9-13-4-5-14(6-15(13)16)19-10-12-2-3-12/h4-8,12H,2-3,9-10H2,1H3. The molecule has 19 heavy (non-hydrogen) atoms. The second-order valence-corrected chi connectivity index (χ2v) is 5.63. The summed E-state index contributed by atoms with van der Waals surface area (Å²) in [4.78, 5) is 0. The molecule has 0 radical (unpaired) electrons. The molecular formula is C15H17ClN2O. The molecule has 100 valence electrons. The van der Waals surface area contributed by atoms with Crippen LogP contribution in [0.4, 0.5) is 0 Å². The van der Waals surface area contributed by atoms with Crippen LogP contribution in [0.5, 0.6) is 5.75 Å². The van der Waals surface area contributed by atoms with Gasteiger partial charge in [-0.2, -0.15) is 5.10 Å². The molecule has 1 fully saturated rings. The minimum Gasteiger partial charge on any atom is -0.493 e. The Balaban J connectivity index is 1.67. The van der Waals surface area contributed by atoms with Crippen molar-refractivity contribution in [3.8, 4) is 5.75 Å². The molecule has 1 aliphatic carbocycles. The quantitative estimate of drug-likeness (QED) is 0.833. The van der Waals surface area contributed by atoms with Gasteiger partial charge in [-0.05, 0) is 48.9 Å². The van der Waals surface area contributed by atoms with Gasteiger partial charge in [-0.15, -0.1) is 0 Å². The molecule has 0 bridgehead atoms. The molecule has 0 aliphatic heterocycles. The van der Waals surface area contributed by atoms with E-state index in [0.29, 0.717) is 6.54 Å². The van der Waals surface area contributed by atoms with Crippen LogP contribution in [0.25, 0.3) is 0 Å². The molecule has 0 N–H and O–H groups in total. The number of benzene rings is 1. The first-order valence-electron chi connectivity index (χ1n) is 6.61. The first-order valence-corrected chi connectivity index (χ1v) is 6.99. The van der Waals surface area contributed by atoms with Gasteiger partial charge in [-0.1, -0.05) is 17.7 Å². The van der Waals surface area contributed by atoms with Crippen LogP contribution in [-0.2, 0) is 6.54 Å². The highest BCUT2D eigenvalue weighted by Gasteiger charge is 2.21. The predicted molar refractivity (Wildman–Crippen MR) is 75.7 cm³/mol. The first kappa shape index (κ1) is 12.5. The van der Waals surface area contributed by atoms with Gasteiger partial charge in [0.05, 0.1) is 19.3 Å². The monoisotopic (exact) mass is 276 g/mol. The van der Waals surface area contributed by atoms with Gasteiger partial charge in [0, 0.05) is 11.2 Å². The number of hydrogen-bond acceptors (Lipinski definition) is 2. The van der Waals surface area contributed by atoms with E-state index in [1.54, 1.807) is 0 Å². The number of halogens is 1. The van der Waals surface area contributed by atoms with Crippen LogP contribution in [-0.4, -0.2) is 16.4 Å². The maximum atomic E-state index is 6.30. The van der Waals surface area contributed by atoms with Gasteiger partial charge < -0.3 is 4.74 Å². The van der Waals surface area contributed by atoms with E-state index < -0.39 is 0 Å². The van der Waals surface area contributed by atoms with E-state index in [9.17, 15) is 0 Å². The average Bonchev–Trinajstić information content (AvgIpc) is 3.13. The zero-order valence-electron chi connectivity index (χ0n) is 11.0. The molecule has 2 aromatic rings. The summed E-state index contributed by atoms with van der Waals surface area (Å²) in [5.74, 6) is 1.61. The van der Waals surface area contributed by atoms with Crippen molar-refractivity contribution in [1.29, 1.82) is 0 Å². The van der Waals surface area contributed by atoms with Crippen molar-refractivity contribution >= 4 is 11.6 Å². The molecule has 0 spiro atoms. The van der Waals surface area contributed by atoms with Crippen LogP contribution < -0.4 is 4.74 Å². The third-order valence-electron chi connectivity index (χ3n) is 3.30. The summed E-state index contributed by atoms with van der Waals surface area (Å²) in [5.41, 5.74) is 2.21. The number of rotatable bonds is 5. The van der Waals surface area contributed by atoms with Gasteiger partial charge in [-0.25, -0.2) is 0 Å². The number of ether oxygens (including phenoxy) is 1. The zero-order valence-corrected chi connectivity index (χ0v) is 11.7. The number of hydrogen-bond donors (Lipinski definition) is 0. The SMILES string of the molecule is Cc1cnn(Cc2ccc(OCC3CC3)cc2Cl)c1. The van der Waals surface area contributed by atoms with Gasteiger partial charge >= 0.3 is 0 Å². The molecule has 1 heterocycles. The molecule has 1 aromatic heterocycles. The lowest BCUT2D eigenvalue weighted by Gasteiger charge is -2.09. The van der Waals surface area contributed by atoms with Gasteiger partial charge in [0.2, 0.25) is 0 Å². The summed E-state index contributed by atoms with van der Waals surface area (Å²) in [6.45, 7) is 3.53. The highest BCUT2D eigenvalue weighted by atomic mass is 35.5. The highest BCUT2D eigenvalue weighted by molar-refractivity contribution is 6.31. The fourth-order valence-electron chi connectivity index (χ4n) is 1.97. The maximum absolute atomic E-state index is 6.30. The van der Waals surface area contributed by atoms with Crippen molar-refractivity contribution in [3.05, 3.63) is 46.7 Å². The number of nitrogens with zero attached hydrogens (tertiary/aromatic N) is 2. The molecule has 0 atom stereocenters. The fraction of sp³-hybridized carbons (Fsp3) is 0.400. The molecule has 0 amide bonds. The second-order valence-electron chi connectivity index (χ2n) is 5.22. The summed E-state index contributed by atoms with van der Waals surface area (Å²) >= 11 is 6.30. The summed E-state index contributed by atoms with van der Waals surface area (Å²) in [7, 11) is 0. The Morgan fingerprint density at radius 2 is 2.26 bits per heavy atom.